The molecule has 0 aliphatic carbocycles. The third-order valence-electron chi connectivity index (χ3n) is 14.2. The van der Waals surface area contributed by atoms with Crippen LogP contribution in [0.2, 0.25) is 0 Å². The lowest BCUT2D eigenvalue weighted by molar-refractivity contribution is -0.136. The molecule has 0 bridgehead atoms. The lowest BCUT2D eigenvalue weighted by Crippen LogP contribution is -2.54. The average molecular weight is 1150 g/mol. The van der Waals surface area contributed by atoms with E-state index in [0.29, 0.717) is 154 Å². The summed E-state index contributed by atoms with van der Waals surface area (Å²) >= 11 is 0. The maximum absolute atomic E-state index is 13.5. The Bertz CT molecular complexity index is 2940. The highest BCUT2D eigenvalue weighted by atomic mass is 32.1. The molecule has 0 radical (unpaired) electrons. The van der Waals surface area contributed by atoms with Crippen molar-refractivity contribution >= 4 is 60.4 Å². The topological polar surface area (TPSA) is 293 Å². The minimum atomic E-state index is -1.02. The van der Waals surface area contributed by atoms with Gasteiger partial charge in [0, 0.05) is 43.9 Å². The van der Waals surface area contributed by atoms with Gasteiger partial charge in [-0.1, -0.05) is 29.5 Å². The number of anilines is 2. The fraction of sp³-hybridized carbons (Fsp3) is 0.482. The molecule has 82 heavy (non-hydrogen) atoms. The Morgan fingerprint density at radius 1 is 0.683 bits per heavy atom. The number of piperidine rings is 2. The van der Waals surface area contributed by atoms with E-state index in [1.54, 1.807) is 29.1 Å². The zero-order valence-electron chi connectivity index (χ0n) is 45.6. The Hall–Kier alpha value is -7.30. The highest BCUT2D eigenvalue weighted by molar-refractivity contribution is 7.59. The Morgan fingerprint density at radius 2 is 1.29 bits per heavy atom. The molecule has 440 valence electrons. The molecule has 2 fully saturated rings. The first kappa shape index (κ1) is 60.8. The standard InChI is InChI=1S/C56H69N11O14.H2S/c57-51(69)49-50(39-9-11-41(12-10-39)81-40-5-2-1-3-6-40)62-67-45(15-18-59-52(49)67)38-16-20-64(21-17-38)55(72)44-37-65(63-61-44)22-24-75-26-28-77-30-32-79-34-36-80-35-33-78-31-29-76-27-25-74-23-19-58-43-8-4-7-42-48(43)56(73)66(54(42)71)46-13-14-47(68)60-53(46)70;/h1-12,37-38,45-46,58-59H,13-36H2,(H2,57,69)(H,60,68,70);1H2/t45-,46?;/m0./s1. The number of likely N-dealkylation sites (tertiary alicyclic amines) is 1. The summed E-state index contributed by atoms with van der Waals surface area (Å²) < 4.78 is 48.6. The Balaban J connectivity index is 0.00000880. The molecule has 6 amide bonds. The maximum atomic E-state index is 13.5. The summed E-state index contributed by atoms with van der Waals surface area (Å²) in [5.41, 5.74) is 8.76. The molecule has 25 nitrogen and oxygen atoms in total. The number of carbonyl (C=O) groups is 6. The molecule has 5 N–H and O–H groups in total. The van der Waals surface area contributed by atoms with Crippen LogP contribution in [0.15, 0.2) is 79.0 Å². The van der Waals surface area contributed by atoms with Gasteiger partial charge in [0.15, 0.2) is 5.69 Å². The summed E-state index contributed by atoms with van der Waals surface area (Å²) in [5.74, 6) is -0.666. The van der Waals surface area contributed by atoms with Gasteiger partial charge in [-0.25, -0.2) is 9.36 Å². The second-order valence-corrected chi connectivity index (χ2v) is 19.5. The molecule has 1 unspecified atom stereocenters. The van der Waals surface area contributed by atoms with Crippen molar-refractivity contribution in [1.82, 2.24) is 39.9 Å². The molecule has 26 heteroatoms. The van der Waals surface area contributed by atoms with Gasteiger partial charge in [-0.15, -0.1) is 5.10 Å². The normalized spacial score (nSPS) is 17.0. The minimum Gasteiger partial charge on any atom is -0.457 e. The summed E-state index contributed by atoms with van der Waals surface area (Å²) in [6, 6.07) is 20.9. The summed E-state index contributed by atoms with van der Waals surface area (Å²) in [5, 5.41) is 22.0. The van der Waals surface area contributed by atoms with Crippen molar-refractivity contribution in [2.75, 3.05) is 129 Å². The third-order valence-corrected chi connectivity index (χ3v) is 14.2. The van der Waals surface area contributed by atoms with Crippen LogP contribution in [0.1, 0.15) is 79.7 Å². The Labute approximate surface area is 481 Å². The smallest absolute Gasteiger partial charge is 0.276 e. The number of carbonyl (C=O) groups excluding carboxylic acids is 6. The first-order valence-electron chi connectivity index (χ1n) is 27.5. The highest BCUT2D eigenvalue weighted by Crippen LogP contribution is 2.41. The van der Waals surface area contributed by atoms with E-state index in [0.717, 1.165) is 35.5 Å². The summed E-state index contributed by atoms with van der Waals surface area (Å²) in [7, 11) is 0. The second-order valence-electron chi connectivity index (χ2n) is 19.5. The van der Waals surface area contributed by atoms with Gasteiger partial charge < -0.3 is 59.2 Å². The van der Waals surface area contributed by atoms with Crippen LogP contribution < -0.4 is 26.4 Å². The largest absolute Gasteiger partial charge is 0.457 e. The Morgan fingerprint density at radius 3 is 1.91 bits per heavy atom. The highest BCUT2D eigenvalue weighted by Gasteiger charge is 2.46. The molecule has 5 aromatic rings. The molecule has 2 atom stereocenters. The molecule has 6 heterocycles. The number of hydrogen-bond donors (Lipinski definition) is 4. The molecule has 4 aliphatic heterocycles. The maximum Gasteiger partial charge on any atom is 0.276 e. The van der Waals surface area contributed by atoms with Crippen LogP contribution in [0.5, 0.6) is 11.5 Å². The van der Waals surface area contributed by atoms with E-state index in [2.05, 4.69) is 26.3 Å². The van der Waals surface area contributed by atoms with Crippen LogP contribution in [0.25, 0.3) is 11.3 Å². The molecule has 0 spiro atoms. The van der Waals surface area contributed by atoms with E-state index in [-0.39, 0.29) is 61.0 Å². The predicted molar refractivity (Wildman–Crippen MR) is 301 cm³/mol. The van der Waals surface area contributed by atoms with Crippen LogP contribution in [-0.2, 0) is 49.3 Å². The zero-order valence-corrected chi connectivity index (χ0v) is 46.6. The number of benzene rings is 3. The molecule has 2 aromatic heterocycles. The van der Waals surface area contributed by atoms with Crippen molar-refractivity contribution in [2.45, 2.75) is 50.7 Å². The number of para-hydroxylation sites is 1. The van der Waals surface area contributed by atoms with Gasteiger partial charge in [0.2, 0.25) is 11.8 Å². The van der Waals surface area contributed by atoms with Gasteiger partial charge in [-0.3, -0.25) is 39.0 Å². The van der Waals surface area contributed by atoms with Crippen LogP contribution in [0.4, 0.5) is 11.5 Å². The summed E-state index contributed by atoms with van der Waals surface area (Å²) in [6.07, 6.45) is 4.16. The van der Waals surface area contributed by atoms with Gasteiger partial charge >= 0.3 is 0 Å². The second kappa shape index (κ2) is 30.7. The molecule has 2 saturated heterocycles. The Kier molecular flexibility index (Phi) is 22.7. The van der Waals surface area contributed by atoms with E-state index in [4.69, 9.17) is 48.7 Å². The number of hydrogen-bond acceptors (Lipinski definition) is 19. The molecule has 9 rings (SSSR count). The lowest BCUT2D eigenvalue weighted by Gasteiger charge is -2.38. The zero-order chi connectivity index (χ0) is 56.3. The van der Waals surface area contributed by atoms with Crippen molar-refractivity contribution < 1.29 is 66.7 Å². The van der Waals surface area contributed by atoms with E-state index in [1.807, 2.05) is 64.2 Å². The average Bonchev–Trinajstić information content (AvgIpc) is 4.37. The van der Waals surface area contributed by atoms with Crippen molar-refractivity contribution in [3.05, 3.63) is 101 Å². The van der Waals surface area contributed by atoms with Gasteiger partial charge in [0.05, 0.1) is 122 Å². The van der Waals surface area contributed by atoms with Crippen molar-refractivity contribution in [1.29, 1.82) is 0 Å². The summed E-state index contributed by atoms with van der Waals surface area (Å²) in [4.78, 5) is 79.3. The van der Waals surface area contributed by atoms with Crippen LogP contribution in [0, 0.1) is 5.92 Å². The first-order chi connectivity index (χ1) is 39.6. The number of nitrogens with two attached hydrogens (primary N) is 1. The fourth-order valence-corrected chi connectivity index (χ4v) is 10.1. The number of aromatic nitrogens is 5. The monoisotopic (exact) mass is 1150 g/mol. The molecule has 4 aliphatic rings. The predicted octanol–water partition coefficient (Wildman–Crippen LogP) is 3.68. The van der Waals surface area contributed by atoms with Crippen molar-refractivity contribution in [2.24, 2.45) is 11.7 Å². The van der Waals surface area contributed by atoms with E-state index < -0.39 is 35.6 Å². The van der Waals surface area contributed by atoms with E-state index >= 15 is 0 Å². The molecule has 0 saturated carbocycles. The third kappa shape index (κ3) is 15.8. The first-order valence-corrected chi connectivity index (χ1v) is 27.5. The number of nitrogens with zero attached hydrogens (tertiary/aromatic N) is 7. The molecule has 3 aromatic carbocycles. The van der Waals surface area contributed by atoms with Gasteiger partial charge in [0.1, 0.15) is 34.6 Å². The van der Waals surface area contributed by atoms with Crippen LogP contribution >= 0.6 is 13.5 Å². The quantitative estimate of drug-likeness (QED) is 0.0353. The number of ether oxygens (including phenoxy) is 8. The number of primary amides is 1. The minimum absolute atomic E-state index is 0. The van der Waals surface area contributed by atoms with Crippen molar-refractivity contribution in [3.63, 3.8) is 0 Å². The number of nitrogens with one attached hydrogen (secondary N) is 3. The van der Waals surface area contributed by atoms with Gasteiger partial charge in [-0.2, -0.15) is 18.6 Å². The van der Waals surface area contributed by atoms with Crippen LogP contribution in [0.3, 0.4) is 0 Å². The lowest BCUT2D eigenvalue weighted by atomic mass is 9.86. The molecular formula is C56H71N11O14S. The van der Waals surface area contributed by atoms with Crippen LogP contribution in [-0.4, -0.2) is 195 Å². The number of rotatable bonds is 32. The number of imide groups is 2. The van der Waals surface area contributed by atoms with E-state index in [9.17, 15) is 28.8 Å². The fourth-order valence-electron chi connectivity index (χ4n) is 10.1. The van der Waals surface area contributed by atoms with E-state index in [1.165, 1.54) is 0 Å². The van der Waals surface area contributed by atoms with Gasteiger partial charge in [0.25, 0.3) is 23.6 Å². The SMILES string of the molecule is NC(=O)c1c(-c2ccc(Oc3ccccc3)cc2)nn2c1NCC[C@H]2C1CCN(C(=O)c2cn(CCOCCOCCOCCOCCOCCOCCOCCNc3cccc4c3C(=O)N(C3CCC(=O)NC3=O)C4=O)nn2)CC1.S. The summed E-state index contributed by atoms with van der Waals surface area (Å²) in [6.45, 7) is 8.10. The number of amides is 6. The van der Waals surface area contributed by atoms with Gasteiger partial charge in [-0.05, 0) is 80.1 Å². The number of fused-ring (bicyclic) bond motifs is 2. The van der Waals surface area contributed by atoms with Crippen molar-refractivity contribution in [3.8, 4) is 22.8 Å². The molecular weight excluding hydrogens is 1080 g/mol.